The molecule has 0 saturated carbocycles. The monoisotopic (exact) mass is 536 g/mol. The topological polar surface area (TPSA) is 51.2 Å². The van der Waals surface area contributed by atoms with E-state index in [1.54, 1.807) is 14.2 Å². The Hall–Kier alpha value is -3.28. The van der Waals surface area contributed by atoms with Gasteiger partial charge in [0.2, 0.25) is 0 Å². The molecule has 0 amide bonds. The first kappa shape index (κ1) is 26.8. The van der Waals surface area contributed by atoms with E-state index in [2.05, 4.69) is 40.2 Å². The van der Waals surface area contributed by atoms with E-state index in [9.17, 15) is 4.79 Å². The quantitative estimate of drug-likeness (QED) is 0.223. The van der Waals surface area contributed by atoms with E-state index in [0.29, 0.717) is 23.2 Å². The van der Waals surface area contributed by atoms with Crippen LogP contribution in [-0.2, 0) is 27.8 Å². The first-order valence-electron chi connectivity index (χ1n) is 12.3. The predicted octanol–water partition coefficient (Wildman–Crippen LogP) is 6.28. The van der Waals surface area contributed by atoms with Crippen LogP contribution in [-0.4, -0.2) is 39.9 Å². The van der Waals surface area contributed by atoms with E-state index < -0.39 is 12.3 Å². The Labute approximate surface area is 224 Å². The molecule has 8 heteroatoms. The van der Waals surface area contributed by atoms with E-state index in [0.717, 1.165) is 30.0 Å². The Morgan fingerprint density at radius 3 is 1.84 bits per heavy atom. The molecular weight excluding hydrogens is 503 g/mol. The summed E-state index contributed by atoms with van der Waals surface area (Å²) in [5, 5.41) is 0.702. The van der Waals surface area contributed by atoms with Gasteiger partial charge in [-0.1, -0.05) is 43.0 Å². The first-order chi connectivity index (χ1) is 17.9. The van der Waals surface area contributed by atoms with Crippen molar-refractivity contribution in [1.82, 2.24) is 0 Å². The van der Waals surface area contributed by atoms with Gasteiger partial charge < -0.3 is 23.6 Å². The van der Waals surface area contributed by atoms with Gasteiger partial charge in [0.05, 0.1) is 26.7 Å². The van der Waals surface area contributed by atoms with Gasteiger partial charge in [-0.05, 0) is 67.1 Å². The summed E-state index contributed by atoms with van der Waals surface area (Å²) in [4.78, 5) is 13.5. The third kappa shape index (κ3) is 5.53. The molecule has 1 atom stereocenters. The van der Waals surface area contributed by atoms with Crippen LogP contribution in [0.15, 0.2) is 90.8 Å². The zero-order valence-corrected chi connectivity index (χ0v) is 23.2. The second-order valence-electron chi connectivity index (χ2n) is 8.68. The van der Waals surface area contributed by atoms with Crippen molar-refractivity contribution >= 4 is 35.5 Å². The second-order valence-corrected chi connectivity index (χ2v) is 12.8. The van der Waals surface area contributed by atoms with Crippen molar-refractivity contribution in [1.29, 1.82) is 0 Å². The largest absolute Gasteiger partial charge is 0.497 e. The van der Waals surface area contributed by atoms with Crippen LogP contribution in [0.2, 0.25) is 0 Å². The molecule has 1 unspecified atom stereocenters. The minimum atomic E-state index is -2.69. The highest BCUT2D eigenvalue weighted by atomic mass is 32.4. The van der Waals surface area contributed by atoms with Crippen LogP contribution in [0.1, 0.15) is 12.5 Å². The molecule has 194 valence electrons. The van der Waals surface area contributed by atoms with Gasteiger partial charge in [-0.2, -0.15) is 0 Å². The van der Waals surface area contributed by atoms with E-state index in [1.807, 2.05) is 61.5 Å². The minimum Gasteiger partial charge on any atom is -0.497 e. The molecule has 6 nitrogen and oxygen atoms in total. The predicted molar refractivity (Wildman–Crippen MR) is 154 cm³/mol. The van der Waals surface area contributed by atoms with Gasteiger partial charge in [-0.3, -0.25) is 4.79 Å². The van der Waals surface area contributed by atoms with Crippen molar-refractivity contribution in [2.45, 2.75) is 13.3 Å². The molecular formula is C29H33N2O4PS. The lowest BCUT2D eigenvalue weighted by Gasteiger charge is -2.39. The molecule has 0 N–H and O–H groups in total. The van der Waals surface area contributed by atoms with Gasteiger partial charge in [0.25, 0.3) is 0 Å². The third-order valence-corrected chi connectivity index (χ3v) is 11.6. The molecule has 1 heterocycles. The number of anilines is 2. The third-order valence-electron chi connectivity index (χ3n) is 6.49. The van der Waals surface area contributed by atoms with Crippen molar-refractivity contribution in [3.05, 3.63) is 96.3 Å². The van der Waals surface area contributed by atoms with Gasteiger partial charge in [-0.25, -0.2) is 0 Å². The van der Waals surface area contributed by atoms with Crippen molar-refractivity contribution < 1.29 is 19.0 Å². The Bertz CT molecular complexity index is 1210. The number of benzene rings is 3. The van der Waals surface area contributed by atoms with E-state index in [4.69, 9.17) is 26.0 Å². The average molecular weight is 537 g/mol. The lowest BCUT2D eigenvalue weighted by molar-refractivity contribution is -0.146. The SMILES string of the molecule is C=C(C(Cc1cc(OC)cc(OC)c1)C(=O)OCC)P1(=S)N(c2ccccc2)CCN1c1ccccc1. The molecule has 0 aliphatic carbocycles. The maximum Gasteiger partial charge on any atom is 0.313 e. The van der Waals surface area contributed by atoms with Crippen LogP contribution in [0.3, 0.4) is 0 Å². The van der Waals surface area contributed by atoms with Gasteiger partial charge in [0, 0.05) is 35.8 Å². The van der Waals surface area contributed by atoms with Crippen LogP contribution >= 0.6 is 6.34 Å². The number of hydrogen-bond acceptors (Lipinski definition) is 5. The molecule has 0 bridgehead atoms. The van der Waals surface area contributed by atoms with Gasteiger partial charge >= 0.3 is 5.97 Å². The Morgan fingerprint density at radius 2 is 1.41 bits per heavy atom. The molecule has 37 heavy (non-hydrogen) atoms. The molecule has 1 aliphatic rings. The maximum atomic E-state index is 13.5. The summed E-state index contributed by atoms with van der Waals surface area (Å²) in [7, 11) is 3.22. The number of nitrogens with zero attached hydrogens (tertiary/aromatic N) is 2. The summed E-state index contributed by atoms with van der Waals surface area (Å²) in [5.41, 5.74) is 2.93. The minimum absolute atomic E-state index is 0.276. The zero-order valence-electron chi connectivity index (χ0n) is 21.5. The van der Waals surface area contributed by atoms with Crippen LogP contribution < -0.4 is 18.8 Å². The van der Waals surface area contributed by atoms with Crippen LogP contribution in [0, 0.1) is 5.92 Å². The number of hydrogen-bond donors (Lipinski definition) is 0. The van der Waals surface area contributed by atoms with Gasteiger partial charge in [-0.15, -0.1) is 0 Å². The van der Waals surface area contributed by atoms with Crippen molar-refractivity contribution in [2.75, 3.05) is 43.3 Å². The fourth-order valence-electron chi connectivity index (χ4n) is 4.68. The number of ether oxygens (including phenoxy) is 3. The Kier molecular flexibility index (Phi) is 8.57. The number of para-hydroxylation sites is 2. The molecule has 0 spiro atoms. The lowest BCUT2D eigenvalue weighted by atomic mass is 9.98. The highest BCUT2D eigenvalue weighted by Gasteiger charge is 2.45. The van der Waals surface area contributed by atoms with Crippen molar-refractivity contribution in [2.24, 2.45) is 5.92 Å². The Balaban J connectivity index is 1.80. The number of esters is 1. The molecule has 1 aliphatic heterocycles. The number of carbonyl (C=O) groups excluding carboxylic acids is 1. The molecule has 0 aromatic heterocycles. The summed E-state index contributed by atoms with van der Waals surface area (Å²) >= 11 is 6.60. The summed E-state index contributed by atoms with van der Waals surface area (Å²) in [6.07, 6.45) is -2.32. The summed E-state index contributed by atoms with van der Waals surface area (Å²) < 4.78 is 21.0. The number of methoxy groups -OCH3 is 2. The van der Waals surface area contributed by atoms with Crippen molar-refractivity contribution in [3.63, 3.8) is 0 Å². The maximum absolute atomic E-state index is 13.5. The molecule has 3 aromatic rings. The first-order valence-corrected chi connectivity index (χ1v) is 15.0. The standard InChI is InChI=1S/C29H33N2O4PS/c1-5-35-29(32)28(20-23-18-26(33-3)21-27(19-23)34-4)22(2)36(37)30(24-12-8-6-9-13-24)16-17-31(36)25-14-10-7-11-15-25/h6-15,18-19,21,28H,2,5,16-17,20H2,1,3-4H3. The molecule has 4 rings (SSSR count). The molecule has 1 fully saturated rings. The molecule has 0 radical (unpaired) electrons. The van der Waals surface area contributed by atoms with Crippen LogP contribution in [0.4, 0.5) is 11.4 Å². The van der Waals surface area contributed by atoms with Crippen molar-refractivity contribution in [3.8, 4) is 11.5 Å². The fraction of sp³-hybridized carbons (Fsp3) is 0.276. The zero-order chi connectivity index (χ0) is 26.4. The van der Waals surface area contributed by atoms with E-state index in [-0.39, 0.29) is 12.6 Å². The van der Waals surface area contributed by atoms with Gasteiger partial charge in [0.15, 0.2) is 0 Å². The second kappa shape index (κ2) is 11.8. The summed E-state index contributed by atoms with van der Waals surface area (Å²) in [6, 6.07) is 25.9. The van der Waals surface area contributed by atoms with Crippen LogP contribution in [0.25, 0.3) is 0 Å². The van der Waals surface area contributed by atoms with E-state index in [1.165, 1.54) is 0 Å². The lowest BCUT2D eigenvalue weighted by Crippen LogP contribution is -2.28. The summed E-state index contributed by atoms with van der Waals surface area (Å²) in [5.74, 6) is 0.343. The number of rotatable bonds is 10. The number of carbonyl (C=O) groups is 1. The Morgan fingerprint density at radius 1 is 0.919 bits per heavy atom. The summed E-state index contributed by atoms with van der Waals surface area (Å²) in [6.45, 7) is 8.10. The van der Waals surface area contributed by atoms with Gasteiger partial charge in [0.1, 0.15) is 17.8 Å². The average Bonchev–Trinajstić information content (AvgIpc) is 3.30. The highest BCUT2D eigenvalue weighted by molar-refractivity contribution is 8.18. The van der Waals surface area contributed by atoms with Crippen LogP contribution in [0.5, 0.6) is 11.5 Å². The highest BCUT2D eigenvalue weighted by Crippen LogP contribution is 2.67. The van der Waals surface area contributed by atoms with E-state index >= 15 is 0 Å². The molecule has 3 aromatic carbocycles. The smallest absolute Gasteiger partial charge is 0.313 e. The molecule has 1 saturated heterocycles. The normalized spacial score (nSPS) is 15.2. The fourth-order valence-corrected chi connectivity index (χ4v) is 9.21.